The van der Waals surface area contributed by atoms with Crippen molar-refractivity contribution in [2.24, 2.45) is 5.41 Å². The van der Waals surface area contributed by atoms with Crippen LogP contribution in [0.2, 0.25) is 0 Å². The Hall–Kier alpha value is -0.710. The summed E-state index contributed by atoms with van der Waals surface area (Å²) in [6.45, 7) is 8.51. The van der Waals surface area contributed by atoms with E-state index in [2.05, 4.69) is 44.0 Å². The SMILES string of the molecule is CCCCCC(C)(C)CNC(=O)C(CS)NC(C)=O. The first-order chi connectivity index (χ1) is 8.82. The van der Waals surface area contributed by atoms with Crippen molar-refractivity contribution >= 4 is 24.4 Å². The molecule has 1 atom stereocenters. The molecule has 4 nitrogen and oxygen atoms in total. The predicted molar refractivity (Wildman–Crippen MR) is 82.4 cm³/mol. The maximum absolute atomic E-state index is 11.9. The first kappa shape index (κ1) is 18.3. The zero-order chi connectivity index (χ0) is 14.9. The predicted octanol–water partition coefficient (Wildman–Crippen LogP) is 2.14. The minimum atomic E-state index is -0.549. The lowest BCUT2D eigenvalue weighted by Gasteiger charge is -2.26. The van der Waals surface area contributed by atoms with Crippen molar-refractivity contribution in [1.82, 2.24) is 10.6 Å². The molecular formula is C14H28N2O2S. The monoisotopic (exact) mass is 288 g/mol. The van der Waals surface area contributed by atoms with Gasteiger partial charge in [-0.3, -0.25) is 9.59 Å². The zero-order valence-corrected chi connectivity index (χ0v) is 13.5. The van der Waals surface area contributed by atoms with Crippen molar-refractivity contribution in [3.05, 3.63) is 0 Å². The molecule has 0 radical (unpaired) electrons. The van der Waals surface area contributed by atoms with E-state index in [1.165, 1.54) is 26.2 Å². The van der Waals surface area contributed by atoms with E-state index in [9.17, 15) is 9.59 Å². The largest absolute Gasteiger partial charge is 0.354 e. The van der Waals surface area contributed by atoms with Crippen LogP contribution in [0.4, 0.5) is 0 Å². The van der Waals surface area contributed by atoms with Gasteiger partial charge in [0.15, 0.2) is 0 Å². The van der Waals surface area contributed by atoms with Crippen LogP contribution in [0.1, 0.15) is 53.4 Å². The van der Waals surface area contributed by atoms with E-state index < -0.39 is 6.04 Å². The Labute approximate surface area is 122 Å². The molecule has 0 aromatic heterocycles. The van der Waals surface area contributed by atoms with Crippen LogP contribution in [-0.4, -0.2) is 30.2 Å². The molecule has 0 bridgehead atoms. The molecule has 0 aliphatic heterocycles. The highest BCUT2D eigenvalue weighted by Gasteiger charge is 2.22. The van der Waals surface area contributed by atoms with Gasteiger partial charge in [0.25, 0.3) is 0 Å². The summed E-state index contributed by atoms with van der Waals surface area (Å²) in [6.07, 6.45) is 4.70. The molecule has 2 N–H and O–H groups in total. The molecule has 112 valence electrons. The Morgan fingerprint density at radius 2 is 1.89 bits per heavy atom. The second kappa shape index (κ2) is 9.23. The van der Waals surface area contributed by atoms with Gasteiger partial charge in [-0.15, -0.1) is 0 Å². The second-order valence-electron chi connectivity index (χ2n) is 5.77. The molecule has 0 aromatic rings. The highest BCUT2D eigenvalue weighted by molar-refractivity contribution is 7.80. The minimum absolute atomic E-state index is 0.0855. The molecule has 0 aliphatic rings. The van der Waals surface area contributed by atoms with Crippen LogP contribution >= 0.6 is 12.6 Å². The summed E-state index contributed by atoms with van der Waals surface area (Å²) in [5.41, 5.74) is 0.0855. The van der Waals surface area contributed by atoms with E-state index in [1.54, 1.807) is 0 Å². The normalized spacial score (nSPS) is 12.9. The van der Waals surface area contributed by atoms with Gasteiger partial charge in [-0.2, -0.15) is 12.6 Å². The lowest BCUT2D eigenvalue weighted by molar-refractivity contribution is -0.127. The molecule has 0 spiro atoms. The summed E-state index contributed by atoms with van der Waals surface area (Å²) in [5, 5.41) is 5.49. The Balaban J connectivity index is 4.14. The van der Waals surface area contributed by atoms with E-state index >= 15 is 0 Å². The van der Waals surface area contributed by atoms with Gasteiger partial charge in [-0.05, 0) is 11.8 Å². The Morgan fingerprint density at radius 3 is 2.37 bits per heavy atom. The summed E-state index contributed by atoms with van der Waals surface area (Å²) < 4.78 is 0. The number of hydrogen-bond acceptors (Lipinski definition) is 3. The maximum atomic E-state index is 11.9. The summed E-state index contributed by atoms with van der Waals surface area (Å²) in [6, 6.07) is -0.549. The van der Waals surface area contributed by atoms with Crippen LogP contribution in [0.5, 0.6) is 0 Å². The van der Waals surface area contributed by atoms with Gasteiger partial charge in [-0.25, -0.2) is 0 Å². The van der Waals surface area contributed by atoms with Crippen molar-refractivity contribution in [1.29, 1.82) is 0 Å². The topological polar surface area (TPSA) is 58.2 Å². The van der Waals surface area contributed by atoms with Crippen LogP contribution in [0.3, 0.4) is 0 Å². The zero-order valence-electron chi connectivity index (χ0n) is 12.6. The van der Waals surface area contributed by atoms with E-state index in [0.717, 1.165) is 6.42 Å². The molecule has 19 heavy (non-hydrogen) atoms. The van der Waals surface area contributed by atoms with Crippen LogP contribution < -0.4 is 10.6 Å². The summed E-state index contributed by atoms with van der Waals surface area (Å²) >= 11 is 4.09. The third-order valence-electron chi connectivity index (χ3n) is 3.07. The second-order valence-corrected chi connectivity index (χ2v) is 6.14. The number of carbonyl (C=O) groups excluding carboxylic acids is 2. The fourth-order valence-electron chi connectivity index (χ4n) is 1.83. The van der Waals surface area contributed by atoms with Crippen molar-refractivity contribution in [2.75, 3.05) is 12.3 Å². The molecule has 1 unspecified atom stereocenters. The third-order valence-corrected chi connectivity index (χ3v) is 3.44. The van der Waals surface area contributed by atoms with Gasteiger partial charge < -0.3 is 10.6 Å². The number of rotatable bonds is 9. The average molecular weight is 288 g/mol. The Morgan fingerprint density at radius 1 is 1.26 bits per heavy atom. The van der Waals surface area contributed by atoms with Gasteiger partial charge in [0.1, 0.15) is 6.04 Å². The molecule has 0 aliphatic carbocycles. The van der Waals surface area contributed by atoms with Gasteiger partial charge in [0.2, 0.25) is 11.8 Å². The number of nitrogens with one attached hydrogen (secondary N) is 2. The van der Waals surface area contributed by atoms with Crippen LogP contribution in [0.15, 0.2) is 0 Å². The van der Waals surface area contributed by atoms with Gasteiger partial charge in [0.05, 0.1) is 0 Å². The Bertz CT molecular complexity index is 293. The number of carbonyl (C=O) groups is 2. The molecule has 0 heterocycles. The molecule has 0 rings (SSSR count). The summed E-state index contributed by atoms with van der Waals surface area (Å²) in [5.74, 6) is -0.0630. The number of thiol groups is 1. The first-order valence-electron chi connectivity index (χ1n) is 6.98. The molecule has 0 saturated heterocycles. The van der Waals surface area contributed by atoms with Gasteiger partial charge >= 0.3 is 0 Å². The Kier molecular flexibility index (Phi) is 8.89. The lowest BCUT2D eigenvalue weighted by atomic mass is 9.87. The van der Waals surface area contributed by atoms with Crippen molar-refractivity contribution in [2.45, 2.75) is 59.4 Å². The minimum Gasteiger partial charge on any atom is -0.354 e. The highest BCUT2D eigenvalue weighted by Crippen LogP contribution is 2.22. The third kappa shape index (κ3) is 8.92. The molecule has 0 aromatic carbocycles. The molecular weight excluding hydrogens is 260 g/mol. The van der Waals surface area contributed by atoms with Crippen molar-refractivity contribution in [3.8, 4) is 0 Å². The van der Waals surface area contributed by atoms with Crippen molar-refractivity contribution in [3.63, 3.8) is 0 Å². The lowest BCUT2D eigenvalue weighted by Crippen LogP contribution is -2.49. The smallest absolute Gasteiger partial charge is 0.243 e. The van der Waals surface area contributed by atoms with Crippen LogP contribution in [0.25, 0.3) is 0 Å². The van der Waals surface area contributed by atoms with Gasteiger partial charge in [0, 0.05) is 19.2 Å². The quantitative estimate of drug-likeness (QED) is 0.450. The molecule has 0 saturated carbocycles. The molecule has 2 amide bonds. The average Bonchev–Trinajstić information content (AvgIpc) is 2.33. The number of amides is 2. The maximum Gasteiger partial charge on any atom is 0.243 e. The first-order valence-corrected chi connectivity index (χ1v) is 7.61. The van der Waals surface area contributed by atoms with E-state index in [1.807, 2.05) is 0 Å². The molecule has 0 fully saturated rings. The standard InChI is InChI=1S/C14H28N2O2S/c1-5-6-7-8-14(3,4)10-15-13(18)12(9-19)16-11(2)17/h12,19H,5-10H2,1-4H3,(H,15,18)(H,16,17). The fourth-order valence-corrected chi connectivity index (χ4v) is 2.09. The van der Waals surface area contributed by atoms with E-state index in [0.29, 0.717) is 12.3 Å². The van der Waals surface area contributed by atoms with Crippen LogP contribution in [-0.2, 0) is 9.59 Å². The summed E-state index contributed by atoms with van der Waals surface area (Å²) in [4.78, 5) is 22.9. The van der Waals surface area contributed by atoms with Crippen molar-refractivity contribution < 1.29 is 9.59 Å². The number of hydrogen-bond donors (Lipinski definition) is 3. The van der Waals surface area contributed by atoms with E-state index in [-0.39, 0.29) is 17.2 Å². The number of unbranched alkanes of at least 4 members (excludes halogenated alkanes) is 2. The highest BCUT2D eigenvalue weighted by atomic mass is 32.1. The van der Waals surface area contributed by atoms with Crippen LogP contribution in [0, 0.1) is 5.41 Å². The summed E-state index contributed by atoms with van der Waals surface area (Å²) in [7, 11) is 0. The fraction of sp³-hybridized carbons (Fsp3) is 0.857. The van der Waals surface area contributed by atoms with E-state index in [4.69, 9.17) is 0 Å². The molecule has 5 heteroatoms. The van der Waals surface area contributed by atoms with Gasteiger partial charge in [-0.1, -0.05) is 40.0 Å².